The maximum absolute atomic E-state index is 14.4. The van der Waals surface area contributed by atoms with Gasteiger partial charge in [0, 0.05) is 55.8 Å². The monoisotopic (exact) mass is 689 g/mol. The largest absolute Gasteiger partial charge is 0.490 e. The standard InChI is InChI=1S/C37H47N5O8/c1-24-20-42(25(2)22-43)35(44)30-18-28(38-36(45)39-29-14-16-32-33(19-29)49-23-48-32)13-15-31(30)50-26(3)10-8-9-17-47-34(24)21-41(4)37(46)40-27-11-6-5-7-12-27/h5-7,11-16,18-19,24-26,34,43H,8-10,17,20-23H2,1-4H3,(H,40,46)(H2,38,39,45)/t24-,25-,26+,34-/m0/s1. The molecular formula is C37H47N5O8. The summed E-state index contributed by atoms with van der Waals surface area (Å²) in [5, 5.41) is 18.7. The number of para-hydroxylation sites is 1. The maximum atomic E-state index is 14.4. The van der Waals surface area contributed by atoms with E-state index in [1.165, 1.54) is 0 Å². The summed E-state index contributed by atoms with van der Waals surface area (Å²) in [5.41, 5.74) is 1.83. The number of amides is 5. The zero-order valence-corrected chi connectivity index (χ0v) is 29.0. The highest BCUT2D eigenvalue weighted by atomic mass is 16.7. The number of fused-ring (bicyclic) bond motifs is 2. The van der Waals surface area contributed by atoms with Crippen LogP contribution >= 0.6 is 0 Å². The predicted molar refractivity (Wildman–Crippen MR) is 190 cm³/mol. The number of nitrogens with one attached hydrogen (secondary N) is 3. The fraction of sp³-hybridized carbons (Fsp3) is 0.432. The van der Waals surface area contributed by atoms with E-state index in [-0.39, 0.29) is 56.0 Å². The first-order valence-corrected chi connectivity index (χ1v) is 17.0. The van der Waals surface area contributed by atoms with Gasteiger partial charge in [-0.3, -0.25) is 4.79 Å². The number of urea groups is 2. The minimum absolute atomic E-state index is 0.121. The summed E-state index contributed by atoms with van der Waals surface area (Å²) in [6.07, 6.45) is 1.76. The smallest absolute Gasteiger partial charge is 0.323 e. The molecular weight excluding hydrogens is 642 g/mol. The van der Waals surface area contributed by atoms with E-state index in [0.29, 0.717) is 40.9 Å². The Hall–Kier alpha value is -5.01. The van der Waals surface area contributed by atoms with E-state index in [4.69, 9.17) is 18.9 Å². The van der Waals surface area contributed by atoms with Crippen LogP contribution in [-0.4, -0.2) is 91.3 Å². The molecule has 5 amide bonds. The van der Waals surface area contributed by atoms with Crippen molar-refractivity contribution in [2.45, 2.75) is 58.3 Å². The lowest BCUT2D eigenvalue weighted by Gasteiger charge is -2.35. The quantitative estimate of drug-likeness (QED) is 0.235. The van der Waals surface area contributed by atoms with Gasteiger partial charge < -0.3 is 49.8 Å². The molecule has 0 aromatic heterocycles. The lowest BCUT2D eigenvalue weighted by Crippen LogP contribution is -2.48. The van der Waals surface area contributed by atoms with E-state index in [1.54, 1.807) is 60.2 Å². The normalized spacial score (nSPS) is 20.1. The molecule has 2 aliphatic heterocycles. The van der Waals surface area contributed by atoms with Crippen LogP contribution in [0, 0.1) is 5.92 Å². The van der Waals surface area contributed by atoms with Crippen molar-refractivity contribution in [2.24, 2.45) is 5.92 Å². The number of hydrogen-bond acceptors (Lipinski definition) is 8. The zero-order chi connectivity index (χ0) is 35.6. The van der Waals surface area contributed by atoms with Gasteiger partial charge in [-0.1, -0.05) is 25.1 Å². The number of ether oxygens (including phenoxy) is 4. The number of hydrogen-bond donors (Lipinski definition) is 4. The van der Waals surface area contributed by atoms with E-state index >= 15 is 0 Å². The van der Waals surface area contributed by atoms with Gasteiger partial charge in [-0.2, -0.15) is 0 Å². The average Bonchev–Trinajstić information content (AvgIpc) is 3.58. The first-order chi connectivity index (χ1) is 24.1. The van der Waals surface area contributed by atoms with Gasteiger partial charge >= 0.3 is 12.1 Å². The number of carbonyl (C=O) groups excluding carboxylic acids is 3. The third-order valence-electron chi connectivity index (χ3n) is 8.77. The first kappa shape index (κ1) is 36.3. The minimum atomic E-state index is -0.547. The van der Waals surface area contributed by atoms with E-state index in [9.17, 15) is 19.5 Å². The summed E-state index contributed by atoms with van der Waals surface area (Å²) in [6.45, 7) is 6.55. The Morgan fingerprint density at radius 1 is 0.920 bits per heavy atom. The van der Waals surface area contributed by atoms with Gasteiger partial charge in [-0.05, 0) is 75.6 Å². The van der Waals surface area contributed by atoms with Crippen LogP contribution in [0.15, 0.2) is 66.7 Å². The second-order valence-electron chi connectivity index (χ2n) is 12.8. The Labute approximate surface area is 292 Å². The SMILES string of the molecule is C[C@@H]1CCCCO[C@@H](CN(C)C(=O)Nc2ccccc2)[C@@H](C)CN([C@@H](C)CO)C(=O)c2cc(NC(=O)Nc3ccc4c(c3)OCO4)ccc2O1. The highest BCUT2D eigenvalue weighted by Gasteiger charge is 2.31. The van der Waals surface area contributed by atoms with Gasteiger partial charge in [0.25, 0.3) is 5.91 Å². The fourth-order valence-electron chi connectivity index (χ4n) is 5.82. The summed E-state index contributed by atoms with van der Waals surface area (Å²) < 4.78 is 23.4. The highest BCUT2D eigenvalue weighted by Crippen LogP contribution is 2.34. The molecule has 0 bridgehead atoms. The molecule has 0 unspecified atom stereocenters. The first-order valence-electron chi connectivity index (χ1n) is 17.0. The van der Waals surface area contributed by atoms with Crippen LogP contribution in [0.4, 0.5) is 26.7 Å². The molecule has 0 spiro atoms. The zero-order valence-electron chi connectivity index (χ0n) is 29.0. The summed E-state index contributed by atoms with van der Waals surface area (Å²) >= 11 is 0. The Morgan fingerprint density at radius 3 is 2.36 bits per heavy atom. The molecule has 4 atom stereocenters. The van der Waals surface area contributed by atoms with Crippen LogP contribution in [-0.2, 0) is 4.74 Å². The van der Waals surface area contributed by atoms with Gasteiger partial charge in [0.2, 0.25) is 6.79 Å². The molecule has 13 heteroatoms. The van der Waals surface area contributed by atoms with E-state index < -0.39 is 18.2 Å². The molecule has 50 heavy (non-hydrogen) atoms. The molecule has 3 aromatic rings. The van der Waals surface area contributed by atoms with Crippen molar-refractivity contribution in [1.29, 1.82) is 0 Å². The summed E-state index contributed by atoms with van der Waals surface area (Å²) in [5.74, 6) is 0.929. The van der Waals surface area contributed by atoms with Crippen molar-refractivity contribution in [3.63, 3.8) is 0 Å². The Kier molecular flexibility index (Phi) is 12.4. The number of aliphatic hydroxyl groups is 1. The van der Waals surface area contributed by atoms with Crippen LogP contribution in [0.2, 0.25) is 0 Å². The van der Waals surface area contributed by atoms with Crippen LogP contribution in [0.3, 0.4) is 0 Å². The number of rotatable bonds is 7. The third-order valence-corrected chi connectivity index (χ3v) is 8.77. The number of anilines is 3. The molecule has 2 aliphatic rings. The summed E-state index contributed by atoms with van der Waals surface area (Å²) in [6, 6.07) is 17.9. The van der Waals surface area contributed by atoms with Crippen molar-refractivity contribution < 1.29 is 38.4 Å². The lowest BCUT2D eigenvalue weighted by molar-refractivity contribution is -0.0115. The van der Waals surface area contributed by atoms with Gasteiger partial charge in [0.1, 0.15) is 5.75 Å². The maximum Gasteiger partial charge on any atom is 0.323 e. The Balaban J connectivity index is 1.36. The molecule has 0 radical (unpaired) electrons. The highest BCUT2D eigenvalue weighted by molar-refractivity contribution is 6.02. The second-order valence-corrected chi connectivity index (χ2v) is 12.8. The number of aliphatic hydroxyl groups excluding tert-OH is 1. The molecule has 0 saturated carbocycles. The van der Waals surface area contributed by atoms with Crippen molar-refractivity contribution in [3.8, 4) is 17.2 Å². The molecule has 0 fully saturated rings. The summed E-state index contributed by atoms with van der Waals surface area (Å²) in [7, 11) is 1.71. The van der Waals surface area contributed by atoms with Gasteiger partial charge in [-0.15, -0.1) is 0 Å². The summed E-state index contributed by atoms with van der Waals surface area (Å²) in [4.78, 5) is 43.6. The number of nitrogens with zero attached hydrogens (tertiary/aromatic N) is 2. The van der Waals surface area contributed by atoms with Crippen molar-refractivity contribution in [1.82, 2.24) is 9.80 Å². The number of carbonyl (C=O) groups is 3. The molecule has 268 valence electrons. The Morgan fingerprint density at radius 2 is 1.62 bits per heavy atom. The van der Waals surface area contributed by atoms with Crippen molar-refractivity contribution in [3.05, 3.63) is 72.3 Å². The molecule has 0 aliphatic carbocycles. The lowest BCUT2D eigenvalue weighted by atomic mass is 10.0. The van der Waals surface area contributed by atoms with E-state index in [1.807, 2.05) is 44.2 Å². The molecule has 4 N–H and O–H groups in total. The molecule has 2 heterocycles. The van der Waals surface area contributed by atoms with Crippen LogP contribution in [0.25, 0.3) is 0 Å². The molecule has 0 saturated heterocycles. The van der Waals surface area contributed by atoms with Gasteiger partial charge in [-0.25, -0.2) is 9.59 Å². The van der Waals surface area contributed by atoms with E-state index in [0.717, 1.165) is 19.3 Å². The van der Waals surface area contributed by atoms with Crippen molar-refractivity contribution in [2.75, 3.05) is 56.1 Å². The minimum Gasteiger partial charge on any atom is -0.490 e. The van der Waals surface area contributed by atoms with Crippen molar-refractivity contribution >= 4 is 35.0 Å². The second kappa shape index (κ2) is 17.1. The fourth-order valence-corrected chi connectivity index (χ4v) is 5.82. The topological polar surface area (TPSA) is 151 Å². The van der Waals surface area contributed by atoms with Crippen LogP contribution in [0.1, 0.15) is 50.4 Å². The number of benzene rings is 3. The molecule has 13 nitrogen and oxygen atoms in total. The van der Waals surface area contributed by atoms with Gasteiger partial charge in [0.15, 0.2) is 11.5 Å². The predicted octanol–water partition coefficient (Wildman–Crippen LogP) is 6.02. The van der Waals surface area contributed by atoms with Gasteiger partial charge in [0.05, 0.1) is 30.4 Å². The Bertz CT molecular complexity index is 1620. The third kappa shape index (κ3) is 9.57. The van der Waals surface area contributed by atoms with Crippen LogP contribution in [0.5, 0.6) is 17.2 Å². The van der Waals surface area contributed by atoms with Crippen LogP contribution < -0.4 is 30.2 Å². The average molecular weight is 690 g/mol. The molecule has 3 aromatic carbocycles. The van der Waals surface area contributed by atoms with E-state index in [2.05, 4.69) is 16.0 Å². The molecule has 5 rings (SSSR count). The number of likely N-dealkylation sites (N-methyl/N-ethyl adjacent to an activating group) is 1.